The zero-order valence-corrected chi connectivity index (χ0v) is 17.0. The van der Waals surface area contributed by atoms with Gasteiger partial charge in [0.25, 0.3) is 0 Å². The minimum absolute atomic E-state index is 0.0465. The molecule has 0 amide bonds. The van der Waals surface area contributed by atoms with E-state index in [9.17, 15) is 9.90 Å². The molecule has 0 bridgehead atoms. The summed E-state index contributed by atoms with van der Waals surface area (Å²) in [5.41, 5.74) is 3.17. The Hall–Kier alpha value is -2.31. The van der Waals surface area contributed by atoms with E-state index in [4.69, 9.17) is 9.47 Å². The van der Waals surface area contributed by atoms with Gasteiger partial charge in [-0.15, -0.1) is 0 Å². The van der Waals surface area contributed by atoms with Crippen LogP contribution in [0.4, 0.5) is 0 Å². The fraction of sp³-hybridized carbons (Fsp3) is 0.286. The summed E-state index contributed by atoms with van der Waals surface area (Å²) in [6.45, 7) is 2.45. The number of aliphatic hydroxyl groups excluding tert-OH is 1. The summed E-state index contributed by atoms with van der Waals surface area (Å²) in [4.78, 5) is 12.6. The molecular weight excluding hydrogens is 410 g/mol. The van der Waals surface area contributed by atoms with Crippen molar-refractivity contribution in [1.29, 1.82) is 0 Å². The maximum absolute atomic E-state index is 12.6. The van der Waals surface area contributed by atoms with Crippen LogP contribution in [0.25, 0.3) is 10.9 Å². The number of hydrogen-bond donors (Lipinski definition) is 1. The van der Waals surface area contributed by atoms with E-state index in [1.165, 1.54) is 0 Å². The van der Waals surface area contributed by atoms with Crippen molar-refractivity contribution in [2.45, 2.75) is 20.0 Å². The number of halogens is 1. The second-order valence-electron chi connectivity index (χ2n) is 6.15. The van der Waals surface area contributed by atoms with Crippen molar-refractivity contribution in [1.82, 2.24) is 4.57 Å². The van der Waals surface area contributed by atoms with Crippen molar-refractivity contribution in [2.24, 2.45) is 7.05 Å². The standard InChI is InChI=1S/C21H22BrNO4/c1-3-26-21(25)20-15-11-19(27-13-14-7-5-4-6-8-14)16(22)12-18(15)23(2)17(20)9-10-24/h4-8,11-12,24H,3,9-10,13H2,1-2H3. The van der Waals surface area contributed by atoms with Crippen LogP contribution in [0.5, 0.6) is 5.75 Å². The molecule has 0 fully saturated rings. The van der Waals surface area contributed by atoms with E-state index >= 15 is 0 Å². The second-order valence-corrected chi connectivity index (χ2v) is 7.00. The molecule has 0 spiro atoms. The summed E-state index contributed by atoms with van der Waals surface area (Å²) < 4.78 is 13.9. The molecule has 0 radical (unpaired) electrons. The fourth-order valence-corrected chi connectivity index (χ4v) is 3.61. The first-order chi connectivity index (χ1) is 13.1. The first-order valence-electron chi connectivity index (χ1n) is 8.82. The molecule has 27 heavy (non-hydrogen) atoms. The van der Waals surface area contributed by atoms with Crippen molar-refractivity contribution in [3.8, 4) is 5.75 Å². The highest BCUT2D eigenvalue weighted by atomic mass is 79.9. The van der Waals surface area contributed by atoms with Crippen LogP contribution in [0.2, 0.25) is 0 Å². The van der Waals surface area contributed by atoms with Crippen LogP contribution in [0, 0.1) is 0 Å². The number of carbonyl (C=O) groups excluding carboxylic acids is 1. The van der Waals surface area contributed by atoms with E-state index in [1.54, 1.807) is 6.92 Å². The van der Waals surface area contributed by atoms with E-state index in [0.717, 1.165) is 26.6 Å². The van der Waals surface area contributed by atoms with E-state index in [1.807, 2.05) is 54.1 Å². The van der Waals surface area contributed by atoms with Gasteiger partial charge in [0.1, 0.15) is 12.4 Å². The molecule has 0 saturated heterocycles. The van der Waals surface area contributed by atoms with Crippen molar-refractivity contribution in [2.75, 3.05) is 13.2 Å². The largest absolute Gasteiger partial charge is 0.488 e. The number of hydrogen-bond acceptors (Lipinski definition) is 4. The van der Waals surface area contributed by atoms with Crippen molar-refractivity contribution < 1.29 is 19.4 Å². The normalized spacial score (nSPS) is 11.0. The van der Waals surface area contributed by atoms with Crippen molar-refractivity contribution >= 4 is 32.8 Å². The van der Waals surface area contributed by atoms with Gasteiger partial charge in [-0.05, 0) is 40.5 Å². The van der Waals surface area contributed by atoms with E-state index in [2.05, 4.69) is 15.9 Å². The molecule has 0 atom stereocenters. The van der Waals surface area contributed by atoms with Crippen LogP contribution in [0.1, 0.15) is 28.5 Å². The Morgan fingerprint density at radius 1 is 1.22 bits per heavy atom. The number of benzene rings is 2. The highest BCUT2D eigenvalue weighted by Gasteiger charge is 2.23. The second kappa shape index (κ2) is 8.59. The Bertz CT molecular complexity index is 950. The van der Waals surface area contributed by atoms with Gasteiger partial charge in [0, 0.05) is 31.2 Å². The lowest BCUT2D eigenvalue weighted by molar-refractivity contribution is 0.0527. The number of nitrogens with zero attached hydrogens (tertiary/aromatic N) is 1. The van der Waals surface area contributed by atoms with Gasteiger partial charge in [-0.3, -0.25) is 0 Å². The van der Waals surface area contributed by atoms with Gasteiger partial charge in [0.15, 0.2) is 0 Å². The predicted molar refractivity (Wildman–Crippen MR) is 108 cm³/mol. The third-order valence-electron chi connectivity index (χ3n) is 4.44. The Morgan fingerprint density at radius 3 is 2.63 bits per heavy atom. The molecule has 0 aliphatic rings. The van der Waals surface area contributed by atoms with Crippen LogP contribution in [0.3, 0.4) is 0 Å². The summed E-state index contributed by atoms with van der Waals surface area (Å²) in [6.07, 6.45) is 0.372. The van der Waals surface area contributed by atoms with Crippen molar-refractivity contribution in [3.05, 3.63) is 63.8 Å². The van der Waals surface area contributed by atoms with Crippen LogP contribution in [-0.2, 0) is 24.8 Å². The molecule has 0 aliphatic carbocycles. The fourth-order valence-electron chi connectivity index (χ4n) is 3.16. The average molecular weight is 432 g/mol. The summed E-state index contributed by atoms with van der Waals surface area (Å²) in [6, 6.07) is 13.7. The van der Waals surface area contributed by atoms with E-state index in [-0.39, 0.29) is 12.6 Å². The molecule has 142 valence electrons. The zero-order chi connectivity index (χ0) is 19.4. The lowest BCUT2D eigenvalue weighted by atomic mass is 10.1. The van der Waals surface area contributed by atoms with Crippen LogP contribution < -0.4 is 4.74 Å². The molecule has 1 aromatic heterocycles. The molecule has 1 N–H and O–H groups in total. The quantitative estimate of drug-likeness (QED) is 0.568. The molecule has 3 rings (SSSR count). The third-order valence-corrected chi connectivity index (χ3v) is 5.06. The van der Waals surface area contributed by atoms with Gasteiger partial charge in [-0.25, -0.2) is 4.79 Å². The number of aliphatic hydroxyl groups is 1. The summed E-state index contributed by atoms with van der Waals surface area (Å²) in [7, 11) is 1.88. The van der Waals surface area contributed by atoms with Gasteiger partial charge < -0.3 is 19.1 Å². The average Bonchev–Trinajstić information content (AvgIpc) is 2.93. The van der Waals surface area contributed by atoms with Gasteiger partial charge in [0.2, 0.25) is 0 Å². The number of esters is 1. The van der Waals surface area contributed by atoms with E-state index in [0.29, 0.717) is 30.9 Å². The van der Waals surface area contributed by atoms with Crippen LogP contribution in [-0.4, -0.2) is 28.9 Å². The molecule has 2 aromatic carbocycles. The Labute approximate surface area is 166 Å². The number of carbonyl (C=O) groups is 1. The number of aryl methyl sites for hydroxylation is 1. The minimum Gasteiger partial charge on any atom is -0.488 e. The molecule has 5 nitrogen and oxygen atoms in total. The summed E-state index contributed by atoms with van der Waals surface area (Å²) >= 11 is 3.56. The van der Waals surface area contributed by atoms with Crippen LogP contribution in [0.15, 0.2) is 46.9 Å². The Kier molecular flexibility index (Phi) is 6.19. The lowest BCUT2D eigenvalue weighted by Gasteiger charge is -2.09. The number of aromatic nitrogens is 1. The topological polar surface area (TPSA) is 60.7 Å². The molecule has 3 aromatic rings. The lowest BCUT2D eigenvalue weighted by Crippen LogP contribution is -2.10. The molecular formula is C21H22BrNO4. The highest BCUT2D eigenvalue weighted by molar-refractivity contribution is 9.10. The number of rotatable bonds is 7. The Balaban J connectivity index is 2.05. The summed E-state index contributed by atoms with van der Waals surface area (Å²) in [5.74, 6) is 0.265. The summed E-state index contributed by atoms with van der Waals surface area (Å²) in [5, 5.41) is 10.2. The van der Waals surface area contributed by atoms with Crippen LogP contribution >= 0.6 is 15.9 Å². The highest BCUT2D eigenvalue weighted by Crippen LogP contribution is 2.35. The third kappa shape index (κ3) is 4.01. The smallest absolute Gasteiger partial charge is 0.340 e. The molecule has 1 heterocycles. The van der Waals surface area contributed by atoms with Gasteiger partial charge in [-0.2, -0.15) is 0 Å². The monoisotopic (exact) mass is 431 g/mol. The first-order valence-corrected chi connectivity index (χ1v) is 9.61. The molecule has 0 unspecified atom stereocenters. The zero-order valence-electron chi connectivity index (χ0n) is 15.4. The van der Waals surface area contributed by atoms with Gasteiger partial charge in [-0.1, -0.05) is 30.3 Å². The van der Waals surface area contributed by atoms with E-state index < -0.39 is 0 Å². The first kappa shape index (κ1) is 19.5. The minimum atomic E-state index is -0.386. The predicted octanol–water partition coefficient (Wildman–Crippen LogP) is 4.23. The maximum Gasteiger partial charge on any atom is 0.340 e. The van der Waals surface area contributed by atoms with Crippen molar-refractivity contribution in [3.63, 3.8) is 0 Å². The molecule has 0 saturated carbocycles. The SMILES string of the molecule is CCOC(=O)c1c(CCO)n(C)c2cc(Br)c(OCc3ccccc3)cc12. The van der Waals surface area contributed by atoms with Gasteiger partial charge in [0.05, 0.1) is 22.2 Å². The Morgan fingerprint density at radius 2 is 1.96 bits per heavy atom. The number of fused-ring (bicyclic) bond motifs is 1. The molecule has 6 heteroatoms. The maximum atomic E-state index is 12.6. The molecule has 0 aliphatic heterocycles. The number of ether oxygens (including phenoxy) is 2. The van der Waals surface area contributed by atoms with Gasteiger partial charge >= 0.3 is 5.97 Å².